The van der Waals surface area contributed by atoms with Crippen molar-refractivity contribution in [3.63, 3.8) is 0 Å². The zero-order valence-corrected chi connectivity index (χ0v) is 20.2. The molecule has 178 valence electrons. The standard InChI is InChI=1S/C17H24N2O2.C9H18N2/c1-2-18-10-8-17(9-11-18)13-19(14-17)16(20)21-12-15-6-4-3-5-7-15;1-2-11-5-3-9(4-6-11)7-10-8-9/h3-7H,2,8-14H2,1H3;10H,2-8H2,1H3. The second-order valence-electron chi connectivity index (χ2n) is 10.4. The molecule has 4 fully saturated rings. The van der Waals surface area contributed by atoms with Gasteiger partial charge < -0.3 is 24.8 Å². The Hall–Kier alpha value is -1.63. The van der Waals surface area contributed by atoms with Gasteiger partial charge in [0.25, 0.3) is 0 Å². The third kappa shape index (κ3) is 5.64. The lowest BCUT2D eigenvalue weighted by Gasteiger charge is -2.53. The Morgan fingerprint density at radius 1 is 0.875 bits per heavy atom. The van der Waals surface area contributed by atoms with Gasteiger partial charge in [0, 0.05) is 31.6 Å². The summed E-state index contributed by atoms with van der Waals surface area (Å²) >= 11 is 0. The predicted octanol–water partition coefficient (Wildman–Crippen LogP) is 3.43. The Morgan fingerprint density at radius 3 is 1.88 bits per heavy atom. The van der Waals surface area contributed by atoms with E-state index in [1.165, 1.54) is 71.5 Å². The van der Waals surface area contributed by atoms with Crippen LogP contribution in [0.15, 0.2) is 30.3 Å². The smallest absolute Gasteiger partial charge is 0.410 e. The van der Waals surface area contributed by atoms with Gasteiger partial charge >= 0.3 is 6.09 Å². The fraction of sp³-hybridized carbons (Fsp3) is 0.731. The molecule has 1 aromatic carbocycles. The topological polar surface area (TPSA) is 48.1 Å². The van der Waals surface area contributed by atoms with Crippen LogP contribution in [-0.4, -0.2) is 86.2 Å². The van der Waals surface area contributed by atoms with Gasteiger partial charge in [0.05, 0.1) is 0 Å². The van der Waals surface area contributed by atoms with Crippen LogP contribution in [0, 0.1) is 10.8 Å². The maximum absolute atomic E-state index is 12.0. The molecule has 4 saturated heterocycles. The molecule has 1 amide bonds. The highest BCUT2D eigenvalue weighted by Gasteiger charge is 2.47. The molecule has 0 saturated carbocycles. The molecule has 1 aromatic rings. The molecule has 4 aliphatic heterocycles. The quantitative estimate of drug-likeness (QED) is 0.774. The minimum Gasteiger partial charge on any atom is -0.445 e. The Labute approximate surface area is 194 Å². The number of piperidine rings is 2. The van der Waals surface area contributed by atoms with Crippen molar-refractivity contribution < 1.29 is 9.53 Å². The first-order valence-corrected chi connectivity index (χ1v) is 12.7. The summed E-state index contributed by atoms with van der Waals surface area (Å²) in [6.45, 7) is 16.5. The Bertz CT molecular complexity index is 711. The zero-order chi connectivity index (χ0) is 22.4. The summed E-state index contributed by atoms with van der Waals surface area (Å²) in [5, 5.41) is 3.39. The van der Waals surface area contributed by atoms with Crippen LogP contribution in [0.3, 0.4) is 0 Å². The van der Waals surface area contributed by atoms with E-state index in [2.05, 4.69) is 29.0 Å². The van der Waals surface area contributed by atoms with Gasteiger partial charge in [-0.05, 0) is 75.9 Å². The minimum atomic E-state index is -0.164. The number of hydrogen-bond acceptors (Lipinski definition) is 5. The van der Waals surface area contributed by atoms with E-state index < -0.39 is 0 Å². The summed E-state index contributed by atoms with van der Waals surface area (Å²) in [5.74, 6) is 0. The number of ether oxygens (including phenoxy) is 1. The first-order valence-electron chi connectivity index (χ1n) is 12.7. The average Bonchev–Trinajstić information content (AvgIpc) is 2.81. The second-order valence-corrected chi connectivity index (χ2v) is 10.4. The van der Waals surface area contributed by atoms with E-state index in [-0.39, 0.29) is 6.09 Å². The van der Waals surface area contributed by atoms with Crippen LogP contribution in [0.5, 0.6) is 0 Å². The van der Waals surface area contributed by atoms with E-state index in [0.29, 0.717) is 12.0 Å². The summed E-state index contributed by atoms with van der Waals surface area (Å²) < 4.78 is 5.38. The summed E-state index contributed by atoms with van der Waals surface area (Å²) in [5.41, 5.74) is 2.14. The molecule has 32 heavy (non-hydrogen) atoms. The van der Waals surface area contributed by atoms with Crippen LogP contribution in [0.4, 0.5) is 4.79 Å². The van der Waals surface area contributed by atoms with Crippen LogP contribution in [0.25, 0.3) is 0 Å². The minimum absolute atomic E-state index is 0.164. The van der Waals surface area contributed by atoms with Crippen LogP contribution in [-0.2, 0) is 11.3 Å². The number of rotatable bonds is 4. The van der Waals surface area contributed by atoms with E-state index in [0.717, 1.165) is 30.6 Å². The maximum Gasteiger partial charge on any atom is 0.410 e. The molecule has 0 bridgehead atoms. The average molecular weight is 443 g/mol. The molecule has 0 aliphatic carbocycles. The first kappa shape index (κ1) is 23.5. The lowest BCUT2D eigenvalue weighted by Crippen LogP contribution is -2.61. The monoisotopic (exact) mass is 442 g/mol. The predicted molar refractivity (Wildman–Crippen MR) is 129 cm³/mol. The van der Waals surface area contributed by atoms with Crippen molar-refractivity contribution in [2.24, 2.45) is 10.8 Å². The third-order valence-corrected chi connectivity index (χ3v) is 8.24. The van der Waals surface area contributed by atoms with Gasteiger partial charge in [-0.25, -0.2) is 4.79 Å². The largest absolute Gasteiger partial charge is 0.445 e. The normalized spacial score (nSPS) is 24.2. The number of carbonyl (C=O) groups is 1. The molecule has 0 unspecified atom stereocenters. The van der Waals surface area contributed by atoms with E-state index in [4.69, 9.17) is 4.74 Å². The van der Waals surface area contributed by atoms with Gasteiger partial charge in [-0.2, -0.15) is 0 Å². The molecular formula is C26H42N4O2. The Balaban J connectivity index is 0.000000186. The molecule has 0 atom stereocenters. The number of amides is 1. The number of likely N-dealkylation sites (tertiary alicyclic amines) is 3. The molecule has 6 nitrogen and oxygen atoms in total. The molecule has 0 aromatic heterocycles. The zero-order valence-electron chi connectivity index (χ0n) is 20.2. The van der Waals surface area contributed by atoms with Gasteiger partial charge in [-0.3, -0.25) is 0 Å². The van der Waals surface area contributed by atoms with Crippen molar-refractivity contribution in [3.8, 4) is 0 Å². The van der Waals surface area contributed by atoms with E-state index in [9.17, 15) is 4.79 Å². The van der Waals surface area contributed by atoms with Gasteiger partial charge in [-0.1, -0.05) is 44.2 Å². The highest BCUT2D eigenvalue weighted by molar-refractivity contribution is 5.69. The van der Waals surface area contributed by atoms with Crippen molar-refractivity contribution in [2.45, 2.75) is 46.1 Å². The molecule has 2 spiro atoms. The number of benzene rings is 1. The third-order valence-electron chi connectivity index (χ3n) is 8.24. The summed E-state index contributed by atoms with van der Waals surface area (Å²) in [7, 11) is 0. The maximum atomic E-state index is 12.0. The first-order chi connectivity index (χ1) is 15.6. The van der Waals surface area contributed by atoms with Crippen LogP contribution < -0.4 is 5.32 Å². The SMILES string of the molecule is CCN1CCC2(CC1)CN(C(=O)OCc1ccccc1)C2.CCN1CCC2(CC1)CNC2. The molecular weight excluding hydrogens is 400 g/mol. The van der Waals surface area contributed by atoms with Crippen molar-refractivity contribution >= 4 is 6.09 Å². The Kier molecular flexibility index (Phi) is 7.74. The molecule has 4 heterocycles. The molecule has 0 radical (unpaired) electrons. The van der Waals surface area contributed by atoms with Crippen molar-refractivity contribution in [1.82, 2.24) is 20.0 Å². The molecule has 1 N–H and O–H groups in total. The van der Waals surface area contributed by atoms with Crippen molar-refractivity contribution in [3.05, 3.63) is 35.9 Å². The highest BCUT2D eigenvalue weighted by atomic mass is 16.6. The lowest BCUT2D eigenvalue weighted by molar-refractivity contribution is -0.0421. The van der Waals surface area contributed by atoms with Crippen molar-refractivity contribution in [1.29, 1.82) is 0 Å². The molecule has 4 aliphatic rings. The van der Waals surface area contributed by atoms with Gasteiger partial charge in [0.1, 0.15) is 6.61 Å². The number of nitrogens with zero attached hydrogens (tertiary/aromatic N) is 3. The highest BCUT2D eigenvalue weighted by Crippen LogP contribution is 2.40. The Morgan fingerprint density at radius 2 is 1.41 bits per heavy atom. The summed E-state index contributed by atoms with van der Waals surface area (Å²) in [4.78, 5) is 18.9. The van der Waals surface area contributed by atoms with E-state index in [1.54, 1.807) is 0 Å². The fourth-order valence-corrected chi connectivity index (χ4v) is 5.54. The number of hydrogen-bond donors (Lipinski definition) is 1. The summed E-state index contributed by atoms with van der Waals surface area (Å²) in [6.07, 6.45) is 5.11. The number of carbonyl (C=O) groups excluding carboxylic acids is 1. The van der Waals surface area contributed by atoms with Gasteiger partial charge in [0.2, 0.25) is 0 Å². The molecule has 5 rings (SSSR count). The second kappa shape index (κ2) is 10.5. The van der Waals surface area contributed by atoms with Gasteiger partial charge in [-0.15, -0.1) is 0 Å². The van der Waals surface area contributed by atoms with E-state index in [1.807, 2.05) is 35.2 Å². The fourth-order valence-electron chi connectivity index (χ4n) is 5.54. The van der Waals surface area contributed by atoms with E-state index >= 15 is 0 Å². The van der Waals surface area contributed by atoms with Crippen LogP contribution in [0.1, 0.15) is 45.1 Å². The summed E-state index contributed by atoms with van der Waals surface area (Å²) in [6, 6.07) is 9.84. The molecule has 6 heteroatoms. The van der Waals surface area contributed by atoms with Crippen molar-refractivity contribution in [2.75, 3.05) is 65.4 Å². The number of nitrogens with one attached hydrogen (secondary N) is 1. The van der Waals surface area contributed by atoms with Crippen LogP contribution >= 0.6 is 0 Å². The van der Waals surface area contributed by atoms with Crippen LogP contribution in [0.2, 0.25) is 0 Å². The lowest BCUT2D eigenvalue weighted by atomic mass is 9.72. The van der Waals surface area contributed by atoms with Gasteiger partial charge in [0.15, 0.2) is 0 Å².